The molecule has 11 aromatic carbocycles. The second-order valence-corrected chi connectivity index (χ2v) is 19.7. The first-order valence-corrected chi connectivity index (χ1v) is 23.4. The molecule has 0 unspecified atom stereocenters. The van der Waals surface area contributed by atoms with E-state index in [1.54, 1.807) is 0 Å². The minimum Gasteiger partial charge on any atom is -0.310 e. The number of nitrogens with zero attached hydrogens (tertiary/aromatic N) is 1. The van der Waals surface area contributed by atoms with Crippen LogP contribution in [0.4, 0.5) is 17.1 Å². The van der Waals surface area contributed by atoms with Gasteiger partial charge in [-0.1, -0.05) is 158 Å². The van der Waals surface area contributed by atoms with Crippen molar-refractivity contribution in [1.82, 2.24) is 0 Å². The second-order valence-electron chi connectivity index (χ2n) is 19.7. The van der Waals surface area contributed by atoms with E-state index in [4.69, 9.17) is 0 Å². The van der Waals surface area contributed by atoms with Crippen LogP contribution in [-0.2, 0) is 5.41 Å². The van der Waals surface area contributed by atoms with Gasteiger partial charge in [-0.25, -0.2) is 0 Å². The molecular formula is C65H43N. The van der Waals surface area contributed by atoms with Crippen LogP contribution in [0.2, 0.25) is 0 Å². The van der Waals surface area contributed by atoms with Crippen molar-refractivity contribution in [2.75, 3.05) is 4.90 Å². The molecule has 0 N–H and O–H groups in total. The summed E-state index contributed by atoms with van der Waals surface area (Å²) in [5, 5.41) is 8.00. The van der Waals surface area contributed by atoms with Crippen molar-refractivity contribution in [3.63, 3.8) is 0 Å². The largest absolute Gasteiger partial charge is 0.310 e. The van der Waals surface area contributed by atoms with E-state index in [1.165, 1.54) is 149 Å². The molecule has 0 radical (unpaired) electrons. The average molecular weight is 838 g/mol. The van der Waals surface area contributed by atoms with E-state index in [0.29, 0.717) is 0 Å². The van der Waals surface area contributed by atoms with E-state index in [2.05, 4.69) is 221 Å². The standard InChI is InChI=1S/C65H43N/c1-36-18-22-38(23-19-36)66(39-24-20-37(2)21-25-39)61-31-30-51-56-35-60-58(33-54(56)48-16-9-17-52(61)64(48)51)57-32-53-47-15-8-14-46-43(27-29-50(63(46)47)55(53)34-59(57)65(60,3)4)42-26-28-49-41-11-6-5-10-40(41)44-12-7-13-45(42)62(44)49/h5-35H,1-4H3. The number of fused-ring (bicyclic) bond motifs is 12. The Morgan fingerprint density at radius 2 is 0.652 bits per heavy atom. The highest BCUT2D eigenvalue weighted by molar-refractivity contribution is 6.24. The fourth-order valence-corrected chi connectivity index (χ4v) is 12.7. The molecule has 308 valence electrons. The summed E-state index contributed by atoms with van der Waals surface area (Å²) in [5.41, 5.74) is 30.1. The molecule has 11 aromatic rings. The van der Waals surface area contributed by atoms with Gasteiger partial charge in [-0.15, -0.1) is 0 Å². The third-order valence-corrected chi connectivity index (χ3v) is 15.8. The van der Waals surface area contributed by atoms with Gasteiger partial charge in [0.1, 0.15) is 0 Å². The smallest absolute Gasteiger partial charge is 0.0540 e. The molecule has 1 heteroatoms. The van der Waals surface area contributed by atoms with Crippen LogP contribution in [0.1, 0.15) is 36.1 Å². The maximum atomic E-state index is 2.55. The van der Waals surface area contributed by atoms with Gasteiger partial charge in [-0.2, -0.15) is 0 Å². The Bertz CT molecular complexity index is 3940. The van der Waals surface area contributed by atoms with Crippen molar-refractivity contribution in [3.05, 3.63) is 210 Å². The minimum atomic E-state index is -0.174. The van der Waals surface area contributed by atoms with Gasteiger partial charge < -0.3 is 4.90 Å². The maximum Gasteiger partial charge on any atom is 0.0540 e. The van der Waals surface area contributed by atoms with E-state index >= 15 is 0 Å². The molecule has 15 rings (SSSR count). The second kappa shape index (κ2) is 12.6. The number of rotatable bonds is 4. The molecule has 4 aliphatic rings. The predicted octanol–water partition coefficient (Wildman–Crippen LogP) is 18.1. The molecule has 0 saturated carbocycles. The Balaban J connectivity index is 0.875. The lowest BCUT2D eigenvalue weighted by Crippen LogP contribution is -2.15. The van der Waals surface area contributed by atoms with Gasteiger partial charge in [-0.05, 0) is 196 Å². The van der Waals surface area contributed by atoms with Crippen LogP contribution in [0.3, 0.4) is 0 Å². The first-order valence-electron chi connectivity index (χ1n) is 23.4. The number of benzene rings is 11. The van der Waals surface area contributed by atoms with Gasteiger partial charge in [0.15, 0.2) is 0 Å². The lowest BCUT2D eigenvalue weighted by atomic mass is 9.80. The van der Waals surface area contributed by atoms with E-state index in [1.807, 2.05) is 0 Å². The Hall–Kier alpha value is -8.00. The first kappa shape index (κ1) is 36.4. The molecule has 0 bridgehead atoms. The summed E-state index contributed by atoms with van der Waals surface area (Å²) in [6, 6.07) is 71.9. The zero-order chi connectivity index (χ0) is 43.7. The highest BCUT2D eigenvalue weighted by Crippen LogP contribution is 2.60. The summed E-state index contributed by atoms with van der Waals surface area (Å²) in [6.07, 6.45) is 0. The van der Waals surface area contributed by atoms with Crippen molar-refractivity contribution in [3.8, 4) is 89.0 Å². The minimum absolute atomic E-state index is 0.174. The highest BCUT2D eigenvalue weighted by Gasteiger charge is 2.40. The number of hydrogen-bond donors (Lipinski definition) is 0. The van der Waals surface area contributed by atoms with Crippen molar-refractivity contribution in [2.24, 2.45) is 0 Å². The summed E-state index contributed by atoms with van der Waals surface area (Å²) in [7, 11) is 0. The molecule has 0 atom stereocenters. The van der Waals surface area contributed by atoms with Crippen molar-refractivity contribution in [2.45, 2.75) is 33.1 Å². The fraction of sp³-hybridized carbons (Fsp3) is 0.0769. The van der Waals surface area contributed by atoms with Gasteiger partial charge in [0.2, 0.25) is 0 Å². The van der Waals surface area contributed by atoms with E-state index in [9.17, 15) is 0 Å². The normalized spacial score (nSPS) is 13.6. The summed E-state index contributed by atoms with van der Waals surface area (Å²) >= 11 is 0. The summed E-state index contributed by atoms with van der Waals surface area (Å²) in [6.45, 7) is 9.19. The summed E-state index contributed by atoms with van der Waals surface area (Å²) in [5.74, 6) is 0. The molecule has 0 spiro atoms. The Morgan fingerprint density at radius 1 is 0.288 bits per heavy atom. The summed E-state index contributed by atoms with van der Waals surface area (Å²) < 4.78 is 0. The molecule has 0 aliphatic heterocycles. The molecule has 0 amide bonds. The third-order valence-electron chi connectivity index (χ3n) is 15.8. The molecule has 0 aromatic heterocycles. The van der Waals surface area contributed by atoms with Crippen LogP contribution < -0.4 is 4.90 Å². The van der Waals surface area contributed by atoms with Gasteiger partial charge in [0, 0.05) is 22.2 Å². The van der Waals surface area contributed by atoms with E-state index in [0.717, 1.165) is 11.4 Å². The number of hydrogen-bond acceptors (Lipinski definition) is 1. The van der Waals surface area contributed by atoms with Crippen LogP contribution in [0.15, 0.2) is 188 Å². The number of aryl methyl sites for hydroxylation is 2. The SMILES string of the molecule is Cc1ccc(N(c2ccc(C)cc2)c2ccc3c4c(cccc24)-c2cc4c(cc2-3)C(C)(C)c2cc3c(cc2-4)-c2cccc4c(-c5ccc6c7c(cccc57)-c5ccccc5-6)ccc-3c24)cc1. The Morgan fingerprint density at radius 3 is 1.15 bits per heavy atom. The van der Waals surface area contributed by atoms with Crippen LogP contribution in [0, 0.1) is 13.8 Å². The van der Waals surface area contributed by atoms with Crippen molar-refractivity contribution < 1.29 is 0 Å². The van der Waals surface area contributed by atoms with Crippen molar-refractivity contribution in [1.29, 1.82) is 0 Å². The fourth-order valence-electron chi connectivity index (χ4n) is 12.7. The van der Waals surface area contributed by atoms with Gasteiger partial charge in [0.05, 0.1) is 5.69 Å². The Labute approximate surface area is 384 Å². The van der Waals surface area contributed by atoms with Gasteiger partial charge in [0.25, 0.3) is 0 Å². The summed E-state index contributed by atoms with van der Waals surface area (Å²) in [4.78, 5) is 2.43. The average Bonchev–Trinajstić information content (AvgIpc) is 4.03. The molecule has 1 nitrogen and oxygen atoms in total. The van der Waals surface area contributed by atoms with Gasteiger partial charge >= 0.3 is 0 Å². The molecule has 4 aliphatic carbocycles. The topological polar surface area (TPSA) is 3.24 Å². The van der Waals surface area contributed by atoms with Crippen LogP contribution in [0.5, 0.6) is 0 Å². The predicted molar refractivity (Wildman–Crippen MR) is 279 cm³/mol. The van der Waals surface area contributed by atoms with E-state index < -0.39 is 0 Å². The maximum absolute atomic E-state index is 2.55. The lowest BCUT2D eigenvalue weighted by Gasteiger charge is -2.27. The van der Waals surface area contributed by atoms with Crippen molar-refractivity contribution >= 4 is 49.4 Å². The van der Waals surface area contributed by atoms with Crippen LogP contribution in [-0.4, -0.2) is 0 Å². The molecule has 0 saturated heterocycles. The molecule has 0 heterocycles. The Kier molecular flexibility index (Phi) is 6.95. The quantitative estimate of drug-likeness (QED) is 0.171. The third kappa shape index (κ3) is 4.60. The van der Waals surface area contributed by atoms with Gasteiger partial charge in [-0.3, -0.25) is 0 Å². The lowest BCUT2D eigenvalue weighted by molar-refractivity contribution is 0.661. The first-order chi connectivity index (χ1) is 32.3. The molecule has 0 fully saturated rings. The monoisotopic (exact) mass is 837 g/mol. The zero-order valence-electron chi connectivity index (χ0n) is 37.3. The number of anilines is 3. The highest BCUT2D eigenvalue weighted by atomic mass is 15.1. The van der Waals surface area contributed by atoms with Crippen LogP contribution in [0.25, 0.3) is 121 Å². The molecular weight excluding hydrogens is 795 g/mol. The van der Waals surface area contributed by atoms with Crippen LogP contribution >= 0.6 is 0 Å². The zero-order valence-corrected chi connectivity index (χ0v) is 37.3. The van der Waals surface area contributed by atoms with E-state index in [-0.39, 0.29) is 5.41 Å². The molecule has 66 heavy (non-hydrogen) atoms.